The van der Waals surface area contributed by atoms with E-state index in [0.29, 0.717) is 19.1 Å². The van der Waals surface area contributed by atoms with Crippen molar-refractivity contribution < 1.29 is 9.53 Å². The Morgan fingerprint density at radius 1 is 1.41 bits per heavy atom. The average molecular weight is 242 g/mol. The zero-order chi connectivity index (χ0) is 12.5. The van der Waals surface area contributed by atoms with Crippen LogP contribution in [0, 0.1) is 11.8 Å². The van der Waals surface area contributed by atoms with E-state index in [1.54, 1.807) is 0 Å². The van der Waals surface area contributed by atoms with Crippen LogP contribution in [-0.4, -0.2) is 38.8 Å². The van der Waals surface area contributed by atoms with E-state index in [1.807, 2.05) is 0 Å². The summed E-state index contributed by atoms with van der Waals surface area (Å²) in [5.41, 5.74) is 0. The van der Waals surface area contributed by atoms with Gasteiger partial charge in [0.05, 0.1) is 12.5 Å². The molecule has 2 N–H and O–H groups in total. The van der Waals surface area contributed by atoms with E-state index in [9.17, 15) is 4.79 Å². The summed E-state index contributed by atoms with van der Waals surface area (Å²) in [7, 11) is 0. The Balaban J connectivity index is 2.04. The lowest BCUT2D eigenvalue weighted by atomic mass is 9.91. The van der Waals surface area contributed by atoms with Gasteiger partial charge in [-0.2, -0.15) is 0 Å². The third kappa shape index (κ3) is 6.03. The summed E-state index contributed by atoms with van der Waals surface area (Å²) in [5, 5.41) is 6.24. The largest absolute Gasteiger partial charge is 0.380 e. The molecule has 1 aliphatic rings. The second kappa shape index (κ2) is 8.48. The topological polar surface area (TPSA) is 50.4 Å². The predicted molar refractivity (Wildman–Crippen MR) is 68.9 cm³/mol. The van der Waals surface area contributed by atoms with Gasteiger partial charge in [-0.3, -0.25) is 4.79 Å². The standard InChI is InChI=1S/C13H26N2O2/c1-3-4-6-17-7-5-15-13(16)12-8-11(2)9-14-10-12/h11-12,14H,3-10H2,1-2H3,(H,15,16). The molecule has 0 bridgehead atoms. The van der Waals surface area contributed by atoms with Crippen LogP contribution in [0.2, 0.25) is 0 Å². The maximum absolute atomic E-state index is 11.8. The van der Waals surface area contributed by atoms with E-state index in [2.05, 4.69) is 24.5 Å². The number of rotatable bonds is 7. The van der Waals surface area contributed by atoms with E-state index >= 15 is 0 Å². The average Bonchev–Trinajstić information content (AvgIpc) is 2.33. The SMILES string of the molecule is CCCCOCCNC(=O)C1CNCC(C)C1. The van der Waals surface area contributed by atoms with Crippen molar-refractivity contribution in [1.82, 2.24) is 10.6 Å². The zero-order valence-corrected chi connectivity index (χ0v) is 11.1. The summed E-state index contributed by atoms with van der Waals surface area (Å²) in [6, 6.07) is 0. The highest BCUT2D eigenvalue weighted by Gasteiger charge is 2.24. The Labute approximate surface area is 104 Å². The van der Waals surface area contributed by atoms with Crippen LogP contribution in [0.15, 0.2) is 0 Å². The molecule has 1 heterocycles. The highest BCUT2D eigenvalue weighted by atomic mass is 16.5. The van der Waals surface area contributed by atoms with E-state index in [-0.39, 0.29) is 11.8 Å². The number of amides is 1. The van der Waals surface area contributed by atoms with E-state index in [1.165, 1.54) is 0 Å². The molecule has 17 heavy (non-hydrogen) atoms. The summed E-state index contributed by atoms with van der Waals surface area (Å²) in [6.07, 6.45) is 3.24. The quantitative estimate of drug-likeness (QED) is 0.659. The van der Waals surface area contributed by atoms with Gasteiger partial charge in [-0.15, -0.1) is 0 Å². The number of ether oxygens (including phenoxy) is 1. The van der Waals surface area contributed by atoms with E-state index < -0.39 is 0 Å². The molecule has 1 saturated heterocycles. The molecular weight excluding hydrogens is 216 g/mol. The molecule has 4 heteroatoms. The van der Waals surface area contributed by atoms with Crippen LogP contribution >= 0.6 is 0 Å². The monoisotopic (exact) mass is 242 g/mol. The van der Waals surface area contributed by atoms with Crippen LogP contribution in [0.1, 0.15) is 33.1 Å². The minimum atomic E-state index is 0.134. The van der Waals surface area contributed by atoms with Gasteiger partial charge in [-0.1, -0.05) is 20.3 Å². The lowest BCUT2D eigenvalue weighted by Gasteiger charge is -2.26. The van der Waals surface area contributed by atoms with Gasteiger partial charge in [-0.25, -0.2) is 0 Å². The van der Waals surface area contributed by atoms with Crippen molar-refractivity contribution in [1.29, 1.82) is 0 Å². The van der Waals surface area contributed by atoms with Crippen molar-refractivity contribution in [2.75, 3.05) is 32.8 Å². The smallest absolute Gasteiger partial charge is 0.224 e. The van der Waals surface area contributed by atoms with Crippen LogP contribution in [0.25, 0.3) is 0 Å². The van der Waals surface area contributed by atoms with Gasteiger partial charge in [0.2, 0.25) is 5.91 Å². The van der Waals surface area contributed by atoms with Gasteiger partial charge in [0.15, 0.2) is 0 Å². The zero-order valence-electron chi connectivity index (χ0n) is 11.1. The fourth-order valence-corrected chi connectivity index (χ4v) is 2.10. The number of carbonyl (C=O) groups is 1. The molecular formula is C13H26N2O2. The molecule has 0 spiro atoms. The van der Waals surface area contributed by atoms with E-state index in [0.717, 1.165) is 39.0 Å². The molecule has 4 nitrogen and oxygen atoms in total. The molecule has 0 aromatic carbocycles. The second-order valence-corrected chi connectivity index (χ2v) is 4.95. The molecule has 0 radical (unpaired) electrons. The van der Waals surface area contributed by atoms with Crippen molar-refractivity contribution in [2.45, 2.75) is 33.1 Å². The summed E-state index contributed by atoms with van der Waals surface area (Å²) < 4.78 is 5.40. The molecule has 2 unspecified atom stereocenters. The van der Waals surface area contributed by atoms with Gasteiger partial charge in [0.1, 0.15) is 0 Å². The third-order valence-corrected chi connectivity index (χ3v) is 3.13. The molecule has 0 aromatic rings. The van der Waals surface area contributed by atoms with Crippen molar-refractivity contribution >= 4 is 5.91 Å². The number of hydrogen-bond acceptors (Lipinski definition) is 3. The summed E-state index contributed by atoms with van der Waals surface area (Å²) in [4.78, 5) is 11.8. The van der Waals surface area contributed by atoms with Gasteiger partial charge in [-0.05, 0) is 25.3 Å². The fraction of sp³-hybridized carbons (Fsp3) is 0.923. The van der Waals surface area contributed by atoms with Crippen LogP contribution in [0.4, 0.5) is 0 Å². The number of carbonyl (C=O) groups excluding carboxylic acids is 1. The van der Waals surface area contributed by atoms with Crippen molar-refractivity contribution in [3.8, 4) is 0 Å². The Bertz CT molecular complexity index is 221. The Morgan fingerprint density at radius 3 is 2.94 bits per heavy atom. The predicted octanol–water partition coefficient (Wildman–Crippen LogP) is 1.16. The highest BCUT2D eigenvalue weighted by Crippen LogP contribution is 2.15. The lowest BCUT2D eigenvalue weighted by Crippen LogP contribution is -2.44. The molecule has 1 fully saturated rings. The first-order valence-corrected chi connectivity index (χ1v) is 6.80. The van der Waals surface area contributed by atoms with Gasteiger partial charge in [0, 0.05) is 19.7 Å². The maximum atomic E-state index is 11.8. The maximum Gasteiger partial charge on any atom is 0.224 e. The second-order valence-electron chi connectivity index (χ2n) is 4.95. The molecule has 0 aliphatic carbocycles. The fourth-order valence-electron chi connectivity index (χ4n) is 2.10. The first kappa shape index (κ1) is 14.5. The molecule has 2 atom stereocenters. The van der Waals surface area contributed by atoms with Gasteiger partial charge in [0.25, 0.3) is 0 Å². The minimum absolute atomic E-state index is 0.134. The number of hydrogen-bond donors (Lipinski definition) is 2. The van der Waals surface area contributed by atoms with Crippen LogP contribution in [0.3, 0.4) is 0 Å². The van der Waals surface area contributed by atoms with Crippen LogP contribution in [-0.2, 0) is 9.53 Å². The Kier molecular flexibility index (Phi) is 7.21. The summed E-state index contributed by atoms with van der Waals surface area (Å²) in [6.45, 7) is 8.22. The molecule has 1 rings (SSSR count). The number of unbranched alkanes of at least 4 members (excludes halogenated alkanes) is 1. The Hall–Kier alpha value is -0.610. The number of piperidine rings is 1. The third-order valence-electron chi connectivity index (χ3n) is 3.13. The van der Waals surface area contributed by atoms with Crippen molar-refractivity contribution in [2.24, 2.45) is 11.8 Å². The molecule has 0 saturated carbocycles. The normalized spacial score (nSPS) is 24.6. The minimum Gasteiger partial charge on any atom is -0.380 e. The van der Waals surface area contributed by atoms with Crippen molar-refractivity contribution in [3.63, 3.8) is 0 Å². The summed E-state index contributed by atoms with van der Waals surface area (Å²) >= 11 is 0. The van der Waals surface area contributed by atoms with Crippen molar-refractivity contribution in [3.05, 3.63) is 0 Å². The lowest BCUT2D eigenvalue weighted by molar-refractivity contribution is -0.126. The van der Waals surface area contributed by atoms with Crippen LogP contribution < -0.4 is 10.6 Å². The first-order chi connectivity index (χ1) is 8.24. The van der Waals surface area contributed by atoms with Gasteiger partial charge < -0.3 is 15.4 Å². The Morgan fingerprint density at radius 2 is 2.24 bits per heavy atom. The van der Waals surface area contributed by atoms with E-state index in [4.69, 9.17) is 4.74 Å². The number of nitrogens with one attached hydrogen (secondary N) is 2. The van der Waals surface area contributed by atoms with Crippen LogP contribution in [0.5, 0.6) is 0 Å². The first-order valence-electron chi connectivity index (χ1n) is 6.80. The van der Waals surface area contributed by atoms with Gasteiger partial charge >= 0.3 is 0 Å². The molecule has 100 valence electrons. The highest BCUT2D eigenvalue weighted by molar-refractivity contribution is 5.78. The molecule has 1 amide bonds. The summed E-state index contributed by atoms with van der Waals surface area (Å²) in [5.74, 6) is 0.901. The molecule has 0 aromatic heterocycles. The molecule has 1 aliphatic heterocycles.